The molecule has 1 rings (SSSR count). The van der Waals surface area contributed by atoms with Gasteiger partial charge in [-0.25, -0.2) is 0 Å². The van der Waals surface area contributed by atoms with Gasteiger partial charge in [0.25, 0.3) is 0 Å². The molecule has 0 saturated carbocycles. The monoisotopic (exact) mass is 204 g/mol. The first kappa shape index (κ1) is 12.0. The molecule has 15 heavy (non-hydrogen) atoms. The summed E-state index contributed by atoms with van der Waals surface area (Å²) in [5.74, 6) is 0.638. The van der Waals surface area contributed by atoms with Crippen molar-refractivity contribution in [1.82, 2.24) is 0 Å². The van der Waals surface area contributed by atoms with Crippen molar-refractivity contribution in [2.75, 3.05) is 0 Å². The van der Waals surface area contributed by atoms with Gasteiger partial charge in [0.15, 0.2) is 0 Å². The molecule has 1 unspecified atom stereocenters. The topological polar surface area (TPSA) is 17.1 Å². The molecule has 0 aromatic heterocycles. The Morgan fingerprint density at radius 2 is 1.93 bits per heavy atom. The van der Waals surface area contributed by atoms with E-state index in [1.54, 1.807) is 0 Å². The third-order valence-electron chi connectivity index (χ3n) is 2.77. The lowest BCUT2D eigenvalue weighted by atomic mass is 9.96. The standard InChI is InChI=1S/C14H20O/c1-3-7-12(2)14(15)11-10-13-8-5-4-6-9-13/h4-6,8-9,12H,3,7,10-11H2,1-2H3. The number of aryl methyl sites for hydroxylation is 1. The quantitative estimate of drug-likeness (QED) is 0.691. The second-order valence-corrected chi connectivity index (χ2v) is 4.14. The Morgan fingerprint density at radius 3 is 2.53 bits per heavy atom. The molecule has 0 N–H and O–H groups in total. The van der Waals surface area contributed by atoms with Crippen molar-refractivity contribution in [3.8, 4) is 0 Å². The molecular weight excluding hydrogens is 184 g/mol. The fourth-order valence-corrected chi connectivity index (χ4v) is 1.75. The van der Waals surface area contributed by atoms with Crippen molar-refractivity contribution >= 4 is 5.78 Å². The smallest absolute Gasteiger partial charge is 0.136 e. The lowest BCUT2D eigenvalue weighted by Crippen LogP contribution is -2.11. The average molecular weight is 204 g/mol. The molecule has 0 saturated heterocycles. The van der Waals surface area contributed by atoms with E-state index in [2.05, 4.69) is 19.1 Å². The maximum absolute atomic E-state index is 11.7. The maximum Gasteiger partial charge on any atom is 0.136 e. The summed E-state index contributed by atoms with van der Waals surface area (Å²) < 4.78 is 0. The Morgan fingerprint density at radius 1 is 1.27 bits per heavy atom. The zero-order chi connectivity index (χ0) is 11.1. The van der Waals surface area contributed by atoms with Gasteiger partial charge in [0, 0.05) is 12.3 Å². The molecule has 0 amide bonds. The highest BCUT2D eigenvalue weighted by atomic mass is 16.1. The number of carbonyl (C=O) groups is 1. The highest BCUT2D eigenvalue weighted by Gasteiger charge is 2.11. The Kier molecular flexibility index (Phi) is 5.09. The van der Waals surface area contributed by atoms with Gasteiger partial charge in [-0.2, -0.15) is 0 Å². The van der Waals surface area contributed by atoms with E-state index in [4.69, 9.17) is 0 Å². The first-order valence-corrected chi connectivity index (χ1v) is 5.80. The molecular formula is C14H20O. The van der Waals surface area contributed by atoms with Gasteiger partial charge in [-0.05, 0) is 18.4 Å². The minimum absolute atomic E-state index is 0.235. The van der Waals surface area contributed by atoms with Crippen LogP contribution in [0, 0.1) is 5.92 Å². The van der Waals surface area contributed by atoms with Crippen LogP contribution >= 0.6 is 0 Å². The summed E-state index contributed by atoms with van der Waals surface area (Å²) in [5.41, 5.74) is 1.26. The Bertz CT molecular complexity index is 289. The van der Waals surface area contributed by atoms with Crippen molar-refractivity contribution in [2.45, 2.75) is 39.5 Å². The van der Waals surface area contributed by atoms with Crippen LogP contribution in [0.2, 0.25) is 0 Å². The Labute approximate surface area is 92.5 Å². The van der Waals surface area contributed by atoms with E-state index >= 15 is 0 Å². The first-order chi connectivity index (χ1) is 7.24. The van der Waals surface area contributed by atoms with Crippen LogP contribution in [0.5, 0.6) is 0 Å². The summed E-state index contributed by atoms with van der Waals surface area (Å²) in [4.78, 5) is 11.7. The lowest BCUT2D eigenvalue weighted by Gasteiger charge is -2.08. The van der Waals surface area contributed by atoms with Gasteiger partial charge in [0.2, 0.25) is 0 Å². The van der Waals surface area contributed by atoms with Crippen LogP contribution in [-0.4, -0.2) is 5.78 Å². The average Bonchev–Trinajstić information content (AvgIpc) is 2.27. The van der Waals surface area contributed by atoms with Gasteiger partial charge in [0.05, 0.1) is 0 Å². The summed E-state index contributed by atoms with van der Waals surface area (Å²) in [6, 6.07) is 10.2. The summed E-state index contributed by atoms with van der Waals surface area (Å²) in [6.45, 7) is 4.16. The molecule has 0 radical (unpaired) electrons. The van der Waals surface area contributed by atoms with Crippen LogP contribution in [0.25, 0.3) is 0 Å². The van der Waals surface area contributed by atoms with Crippen molar-refractivity contribution in [2.24, 2.45) is 5.92 Å². The number of carbonyl (C=O) groups excluding carboxylic acids is 1. The predicted octanol–water partition coefficient (Wildman–Crippen LogP) is 3.62. The fraction of sp³-hybridized carbons (Fsp3) is 0.500. The molecule has 1 aromatic carbocycles. The van der Waals surface area contributed by atoms with Crippen LogP contribution in [-0.2, 0) is 11.2 Å². The van der Waals surface area contributed by atoms with E-state index < -0.39 is 0 Å². The molecule has 0 heterocycles. The van der Waals surface area contributed by atoms with Crippen molar-refractivity contribution in [1.29, 1.82) is 0 Å². The third-order valence-corrected chi connectivity index (χ3v) is 2.77. The largest absolute Gasteiger partial charge is 0.299 e. The minimum Gasteiger partial charge on any atom is -0.299 e. The van der Waals surface area contributed by atoms with E-state index in [1.807, 2.05) is 25.1 Å². The summed E-state index contributed by atoms with van der Waals surface area (Å²) >= 11 is 0. The number of hydrogen-bond donors (Lipinski definition) is 0. The fourth-order valence-electron chi connectivity index (χ4n) is 1.75. The predicted molar refractivity (Wildman–Crippen MR) is 63.8 cm³/mol. The zero-order valence-electron chi connectivity index (χ0n) is 9.70. The van der Waals surface area contributed by atoms with Gasteiger partial charge in [-0.15, -0.1) is 0 Å². The van der Waals surface area contributed by atoms with Crippen LogP contribution < -0.4 is 0 Å². The van der Waals surface area contributed by atoms with Gasteiger partial charge in [-0.1, -0.05) is 50.6 Å². The van der Waals surface area contributed by atoms with Crippen molar-refractivity contribution in [3.63, 3.8) is 0 Å². The highest BCUT2D eigenvalue weighted by Crippen LogP contribution is 2.11. The molecule has 0 bridgehead atoms. The molecule has 1 nitrogen and oxygen atoms in total. The first-order valence-electron chi connectivity index (χ1n) is 5.80. The number of rotatable bonds is 6. The molecule has 1 heteroatoms. The van der Waals surface area contributed by atoms with Crippen LogP contribution in [0.1, 0.15) is 38.7 Å². The van der Waals surface area contributed by atoms with Crippen LogP contribution in [0.4, 0.5) is 0 Å². The summed E-state index contributed by atoms with van der Waals surface area (Å²) in [7, 11) is 0. The number of ketones is 1. The van der Waals surface area contributed by atoms with Crippen molar-refractivity contribution in [3.05, 3.63) is 35.9 Å². The molecule has 82 valence electrons. The van der Waals surface area contributed by atoms with Crippen molar-refractivity contribution < 1.29 is 4.79 Å². The summed E-state index contributed by atoms with van der Waals surface area (Å²) in [6.07, 6.45) is 3.69. The van der Waals surface area contributed by atoms with E-state index in [0.29, 0.717) is 12.2 Å². The lowest BCUT2D eigenvalue weighted by molar-refractivity contribution is -0.122. The molecule has 0 aliphatic rings. The van der Waals surface area contributed by atoms with E-state index in [1.165, 1.54) is 5.56 Å². The second kappa shape index (κ2) is 6.39. The van der Waals surface area contributed by atoms with Crippen LogP contribution in [0.15, 0.2) is 30.3 Å². The second-order valence-electron chi connectivity index (χ2n) is 4.14. The molecule has 1 aromatic rings. The molecule has 1 atom stereocenters. The highest BCUT2D eigenvalue weighted by molar-refractivity contribution is 5.80. The molecule has 0 aliphatic carbocycles. The summed E-state index contributed by atoms with van der Waals surface area (Å²) in [5, 5.41) is 0. The van der Waals surface area contributed by atoms with Gasteiger partial charge >= 0.3 is 0 Å². The van der Waals surface area contributed by atoms with E-state index in [0.717, 1.165) is 19.3 Å². The maximum atomic E-state index is 11.7. The normalized spacial score (nSPS) is 12.4. The van der Waals surface area contributed by atoms with Gasteiger partial charge in [0.1, 0.15) is 5.78 Å². The molecule has 0 aliphatic heterocycles. The van der Waals surface area contributed by atoms with Gasteiger partial charge in [-0.3, -0.25) is 4.79 Å². The number of hydrogen-bond acceptors (Lipinski definition) is 1. The third kappa shape index (κ3) is 4.28. The van der Waals surface area contributed by atoms with E-state index in [9.17, 15) is 4.79 Å². The zero-order valence-corrected chi connectivity index (χ0v) is 9.70. The number of Topliss-reactive ketones (excluding diaryl/α,β-unsaturated/α-hetero) is 1. The Hall–Kier alpha value is -1.11. The molecule has 0 spiro atoms. The Balaban J connectivity index is 2.34. The minimum atomic E-state index is 0.235. The van der Waals surface area contributed by atoms with Gasteiger partial charge < -0.3 is 0 Å². The number of benzene rings is 1. The van der Waals surface area contributed by atoms with Crippen LogP contribution in [0.3, 0.4) is 0 Å². The molecule has 0 fully saturated rings. The SMILES string of the molecule is CCCC(C)C(=O)CCc1ccccc1. The van der Waals surface area contributed by atoms with E-state index in [-0.39, 0.29) is 5.92 Å².